The van der Waals surface area contributed by atoms with E-state index in [9.17, 15) is 8.42 Å². The van der Waals surface area contributed by atoms with Crippen LogP contribution in [0.2, 0.25) is 0 Å². The summed E-state index contributed by atoms with van der Waals surface area (Å²) in [5.74, 6) is 1.45. The predicted octanol–water partition coefficient (Wildman–Crippen LogP) is 3.75. The van der Waals surface area contributed by atoms with E-state index in [0.29, 0.717) is 28.8 Å². The zero-order valence-corrected chi connectivity index (χ0v) is 24.7. The minimum Gasteiger partial charge on any atom is -0.494 e. The molecule has 3 heterocycles. The molecule has 4 rings (SSSR count). The predicted molar refractivity (Wildman–Crippen MR) is 152 cm³/mol. The fraction of sp³-hybridized carbons (Fsp3) is 0.370. The number of aryl methyl sites for hydroxylation is 1. The molecule has 0 saturated heterocycles. The molecular formula is C27H33N7O6S. The number of benzene rings is 1. The summed E-state index contributed by atoms with van der Waals surface area (Å²) in [6.45, 7) is 6.99. The second-order valence-electron chi connectivity index (χ2n) is 9.34. The smallest absolute Gasteiger partial charge is 0.243 e. The van der Waals surface area contributed by atoms with Crippen LogP contribution in [0.3, 0.4) is 0 Å². The summed E-state index contributed by atoms with van der Waals surface area (Å²) in [4.78, 5) is 13.1. The fourth-order valence-electron chi connectivity index (χ4n) is 4.04. The third-order valence-corrected chi connectivity index (χ3v) is 7.77. The van der Waals surface area contributed by atoms with Crippen LogP contribution in [0.5, 0.6) is 17.4 Å². The number of para-hydroxylation sites is 1. The van der Waals surface area contributed by atoms with Gasteiger partial charge in [-0.25, -0.2) is 23.4 Å². The Morgan fingerprint density at radius 2 is 1.51 bits per heavy atom. The minimum absolute atomic E-state index is 0.118. The third-order valence-electron chi connectivity index (χ3n) is 6.07. The number of nitrogens with one attached hydrogen (secondary N) is 1. The van der Waals surface area contributed by atoms with Crippen LogP contribution < -0.4 is 18.9 Å². The number of sulfonamides is 1. The van der Waals surface area contributed by atoms with E-state index < -0.39 is 21.4 Å². The molecule has 0 bridgehead atoms. The number of methoxy groups -OCH3 is 3. The fourth-order valence-corrected chi connectivity index (χ4v) is 5.12. The summed E-state index contributed by atoms with van der Waals surface area (Å²) in [6, 6.07) is 10.3. The van der Waals surface area contributed by atoms with Gasteiger partial charge in [0, 0.05) is 18.5 Å². The van der Waals surface area contributed by atoms with Gasteiger partial charge in [-0.05, 0) is 51.5 Å². The highest BCUT2D eigenvalue weighted by Crippen LogP contribution is 2.38. The lowest BCUT2D eigenvalue weighted by Crippen LogP contribution is -2.35. The number of rotatable bonds is 12. The Hall–Kier alpha value is -4.30. The minimum atomic E-state index is -4.17. The second kappa shape index (κ2) is 12.5. The molecule has 0 fully saturated rings. The Morgan fingerprint density at radius 3 is 2.10 bits per heavy atom. The molecule has 41 heavy (non-hydrogen) atoms. The number of hydrogen-bond donors (Lipinski definition) is 1. The molecule has 0 unspecified atom stereocenters. The molecular weight excluding hydrogens is 550 g/mol. The van der Waals surface area contributed by atoms with E-state index >= 15 is 0 Å². The maximum atomic E-state index is 13.9. The zero-order chi connectivity index (χ0) is 29.7. The van der Waals surface area contributed by atoms with Gasteiger partial charge < -0.3 is 18.9 Å². The molecule has 3 aromatic heterocycles. The van der Waals surface area contributed by atoms with Crippen molar-refractivity contribution in [2.24, 2.45) is 0 Å². The Kier molecular flexibility index (Phi) is 9.03. The van der Waals surface area contributed by atoms with Crippen molar-refractivity contribution < 1.29 is 27.4 Å². The highest BCUT2D eigenvalue weighted by atomic mass is 32.2. The molecule has 0 amide bonds. The number of nitrogens with zero attached hydrogens (tertiary/aromatic N) is 6. The summed E-state index contributed by atoms with van der Waals surface area (Å²) >= 11 is 0. The molecule has 0 aliphatic rings. The van der Waals surface area contributed by atoms with Gasteiger partial charge in [0.05, 0.1) is 27.4 Å². The van der Waals surface area contributed by atoms with Crippen LogP contribution in [-0.2, 0) is 14.8 Å². The number of hydrogen-bond acceptors (Lipinski definition) is 11. The van der Waals surface area contributed by atoms with Gasteiger partial charge in [0.2, 0.25) is 21.9 Å². The molecule has 4 aromatic rings. The lowest BCUT2D eigenvalue weighted by Gasteiger charge is -2.25. The van der Waals surface area contributed by atoms with Crippen molar-refractivity contribution in [1.29, 1.82) is 0 Å². The van der Waals surface area contributed by atoms with Crippen LogP contribution in [0.25, 0.3) is 17.2 Å². The molecule has 0 spiro atoms. The quantitative estimate of drug-likeness (QED) is 0.259. The first-order chi connectivity index (χ1) is 19.6. The molecule has 0 aliphatic heterocycles. The van der Waals surface area contributed by atoms with Crippen LogP contribution in [0.4, 0.5) is 5.95 Å². The standard InChI is InChI=1S/C27H33N7O6S/c1-16(2)40-24(25-28-14-17(3)15-29-25)18(4)41(35,36)33-27-32-31-26(19-10-8-13-22(30-19)39-7)34(27)23-20(37-5)11-9-12-21(23)38-6/h8-16,18,24H,1-7H3,(H,32,33)/t18-,24+/m0/s1. The van der Waals surface area contributed by atoms with Crippen molar-refractivity contribution in [2.75, 3.05) is 26.1 Å². The van der Waals surface area contributed by atoms with Crippen molar-refractivity contribution in [3.8, 4) is 34.6 Å². The molecule has 14 heteroatoms. The normalized spacial score (nSPS) is 13.1. The van der Waals surface area contributed by atoms with E-state index in [1.165, 1.54) is 32.8 Å². The molecule has 218 valence electrons. The van der Waals surface area contributed by atoms with Crippen molar-refractivity contribution in [2.45, 2.75) is 45.2 Å². The van der Waals surface area contributed by atoms with E-state index in [1.807, 2.05) is 20.8 Å². The highest BCUT2D eigenvalue weighted by Gasteiger charge is 2.36. The summed E-state index contributed by atoms with van der Waals surface area (Å²) < 4.78 is 54.3. The van der Waals surface area contributed by atoms with Crippen LogP contribution in [0.15, 0.2) is 48.8 Å². The van der Waals surface area contributed by atoms with Gasteiger partial charge in [0.1, 0.15) is 34.2 Å². The SMILES string of the molecule is COc1cccc(-c2nnc(NS(=O)(=O)[C@@H](C)[C@@H](OC(C)C)c3ncc(C)cn3)n2-c2c(OC)cccc2OC)n1. The van der Waals surface area contributed by atoms with Crippen LogP contribution in [0, 0.1) is 6.92 Å². The number of ether oxygens (including phenoxy) is 4. The molecule has 1 N–H and O–H groups in total. The maximum absolute atomic E-state index is 13.9. The average Bonchev–Trinajstić information content (AvgIpc) is 3.37. The van der Waals surface area contributed by atoms with Gasteiger partial charge in [0.15, 0.2) is 11.6 Å². The van der Waals surface area contributed by atoms with Gasteiger partial charge in [-0.1, -0.05) is 12.1 Å². The van der Waals surface area contributed by atoms with E-state index in [1.54, 1.807) is 48.8 Å². The van der Waals surface area contributed by atoms with Crippen molar-refractivity contribution in [1.82, 2.24) is 29.7 Å². The van der Waals surface area contributed by atoms with Crippen LogP contribution >= 0.6 is 0 Å². The van der Waals surface area contributed by atoms with Crippen molar-refractivity contribution in [3.63, 3.8) is 0 Å². The Labute approximate surface area is 239 Å². The number of pyridine rings is 1. The molecule has 0 radical (unpaired) electrons. The third kappa shape index (κ3) is 6.38. The largest absolute Gasteiger partial charge is 0.494 e. The van der Waals surface area contributed by atoms with Gasteiger partial charge in [-0.15, -0.1) is 10.2 Å². The maximum Gasteiger partial charge on any atom is 0.243 e. The van der Waals surface area contributed by atoms with E-state index in [4.69, 9.17) is 18.9 Å². The topological polar surface area (TPSA) is 152 Å². The molecule has 2 atom stereocenters. The number of aromatic nitrogens is 6. The van der Waals surface area contributed by atoms with Crippen LogP contribution in [0.1, 0.15) is 38.3 Å². The monoisotopic (exact) mass is 583 g/mol. The highest BCUT2D eigenvalue weighted by molar-refractivity contribution is 7.93. The first-order valence-corrected chi connectivity index (χ1v) is 14.3. The van der Waals surface area contributed by atoms with Crippen molar-refractivity contribution >= 4 is 16.0 Å². The Balaban J connectivity index is 1.86. The Morgan fingerprint density at radius 1 is 0.878 bits per heavy atom. The van der Waals surface area contributed by atoms with Crippen LogP contribution in [-0.4, -0.2) is 70.8 Å². The van der Waals surface area contributed by atoms with Crippen molar-refractivity contribution in [3.05, 3.63) is 60.2 Å². The Bertz CT molecular complexity index is 1570. The van der Waals surface area contributed by atoms with E-state index in [0.717, 1.165) is 5.56 Å². The van der Waals surface area contributed by atoms with Gasteiger partial charge in [0.25, 0.3) is 0 Å². The zero-order valence-electron chi connectivity index (χ0n) is 23.9. The molecule has 0 saturated carbocycles. The second-order valence-corrected chi connectivity index (χ2v) is 11.4. The lowest BCUT2D eigenvalue weighted by molar-refractivity contribution is 0.00152. The molecule has 0 aliphatic carbocycles. The average molecular weight is 584 g/mol. The first kappa shape index (κ1) is 29.7. The molecule has 1 aromatic carbocycles. The van der Waals surface area contributed by atoms with Gasteiger partial charge in [-0.3, -0.25) is 9.29 Å². The summed E-state index contributed by atoms with van der Waals surface area (Å²) in [5, 5.41) is 7.37. The van der Waals surface area contributed by atoms with E-state index in [-0.39, 0.29) is 23.7 Å². The first-order valence-electron chi connectivity index (χ1n) is 12.7. The number of anilines is 1. The summed E-state index contributed by atoms with van der Waals surface area (Å²) in [7, 11) is 0.309. The van der Waals surface area contributed by atoms with Gasteiger partial charge in [-0.2, -0.15) is 0 Å². The van der Waals surface area contributed by atoms with Gasteiger partial charge >= 0.3 is 0 Å². The summed E-state index contributed by atoms with van der Waals surface area (Å²) in [5.41, 5.74) is 1.57. The molecule has 13 nitrogen and oxygen atoms in total. The lowest BCUT2D eigenvalue weighted by atomic mass is 10.2. The summed E-state index contributed by atoms with van der Waals surface area (Å²) in [6.07, 6.45) is 1.97. The van der Waals surface area contributed by atoms with E-state index in [2.05, 4.69) is 29.9 Å².